The molecule has 21 heavy (non-hydrogen) atoms. The lowest BCUT2D eigenvalue weighted by Gasteiger charge is -2.27. The van der Waals surface area contributed by atoms with Crippen LogP contribution in [-0.4, -0.2) is 16.1 Å². The van der Waals surface area contributed by atoms with Gasteiger partial charge in [-0.25, -0.2) is 14.2 Å². The van der Waals surface area contributed by atoms with Crippen molar-refractivity contribution in [2.45, 2.75) is 38.0 Å². The smallest absolute Gasteiger partial charge is 0.347 e. The minimum atomic E-state index is -0.927. The zero-order valence-electron chi connectivity index (χ0n) is 11.7. The average Bonchev–Trinajstić information content (AvgIpc) is 3.07. The molecule has 3 rings (SSSR count). The summed E-state index contributed by atoms with van der Waals surface area (Å²) in [6.45, 7) is 1.73. The molecule has 1 aromatic heterocycles. The molecule has 0 amide bonds. The average molecular weight is 305 g/mol. The summed E-state index contributed by atoms with van der Waals surface area (Å²) in [4.78, 5) is 16.1. The van der Waals surface area contributed by atoms with Gasteiger partial charge in [0.1, 0.15) is 15.7 Å². The Morgan fingerprint density at radius 3 is 2.43 bits per heavy atom. The Bertz CT molecular complexity index is 672. The lowest BCUT2D eigenvalue weighted by molar-refractivity contribution is 0.0701. The summed E-state index contributed by atoms with van der Waals surface area (Å²) >= 11 is 1.26. The highest BCUT2D eigenvalue weighted by atomic mass is 32.1. The zero-order chi connectivity index (χ0) is 15.0. The van der Waals surface area contributed by atoms with Crippen molar-refractivity contribution in [3.05, 3.63) is 51.2 Å². The van der Waals surface area contributed by atoms with E-state index in [4.69, 9.17) is 0 Å². The van der Waals surface area contributed by atoms with Crippen LogP contribution in [0.2, 0.25) is 0 Å². The fraction of sp³-hybridized carbons (Fsp3) is 0.375. The van der Waals surface area contributed by atoms with E-state index >= 15 is 0 Å². The third kappa shape index (κ3) is 2.35. The predicted octanol–water partition coefficient (Wildman–Crippen LogP) is 4.15. The van der Waals surface area contributed by atoms with Crippen LogP contribution in [0.5, 0.6) is 0 Å². The summed E-state index contributed by atoms with van der Waals surface area (Å²) in [7, 11) is 0. The molecule has 1 aromatic carbocycles. The van der Waals surface area contributed by atoms with E-state index in [-0.39, 0.29) is 11.2 Å². The molecule has 1 heterocycles. The van der Waals surface area contributed by atoms with E-state index < -0.39 is 5.97 Å². The SMILES string of the molecule is Cc1nc(C2(c3ccc(F)cc3)CCCC2)sc1C(=O)O. The number of rotatable bonds is 3. The minimum absolute atomic E-state index is 0.253. The predicted molar refractivity (Wildman–Crippen MR) is 79.5 cm³/mol. The number of carbonyl (C=O) groups is 1. The van der Waals surface area contributed by atoms with Gasteiger partial charge in [-0.15, -0.1) is 11.3 Å². The second-order valence-corrected chi connectivity index (χ2v) is 6.53. The molecule has 2 aromatic rings. The van der Waals surface area contributed by atoms with Gasteiger partial charge in [0.15, 0.2) is 0 Å². The third-order valence-electron chi connectivity index (χ3n) is 4.25. The van der Waals surface area contributed by atoms with Gasteiger partial charge >= 0.3 is 5.97 Å². The first-order chi connectivity index (χ1) is 10.0. The van der Waals surface area contributed by atoms with Crippen molar-refractivity contribution >= 4 is 17.3 Å². The number of aryl methyl sites for hydroxylation is 1. The van der Waals surface area contributed by atoms with Crippen molar-refractivity contribution in [3.8, 4) is 0 Å². The number of aromatic nitrogens is 1. The largest absolute Gasteiger partial charge is 0.477 e. The molecular weight excluding hydrogens is 289 g/mol. The fourth-order valence-corrected chi connectivity index (χ4v) is 4.35. The van der Waals surface area contributed by atoms with Crippen LogP contribution in [0.25, 0.3) is 0 Å². The molecule has 0 atom stereocenters. The van der Waals surface area contributed by atoms with Crippen LogP contribution in [0, 0.1) is 12.7 Å². The topological polar surface area (TPSA) is 50.2 Å². The third-order valence-corrected chi connectivity index (χ3v) is 5.60. The Kier molecular flexibility index (Phi) is 3.53. The van der Waals surface area contributed by atoms with E-state index in [1.807, 2.05) is 0 Å². The lowest BCUT2D eigenvalue weighted by Crippen LogP contribution is -2.23. The molecule has 1 N–H and O–H groups in total. The maximum Gasteiger partial charge on any atom is 0.347 e. The maximum atomic E-state index is 13.2. The first-order valence-electron chi connectivity index (χ1n) is 7.00. The summed E-state index contributed by atoms with van der Waals surface area (Å²) in [5.74, 6) is -1.18. The van der Waals surface area contributed by atoms with Crippen molar-refractivity contribution < 1.29 is 14.3 Å². The highest BCUT2D eigenvalue weighted by molar-refractivity contribution is 7.13. The van der Waals surface area contributed by atoms with E-state index in [9.17, 15) is 14.3 Å². The summed E-state index contributed by atoms with van der Waals surface area (Å²) in [5, 5.41) is 10.1. The highest BCUT2D eigenvalue weighted by Gasteiger charge is 2.40. The van der Waals surface area contributed by atoms with Crippen molar-refractivity contribution in [3.63, 3.8) is 0 Å². The standard InChI is InChI=1S/C16H16FNO2S/c1-10-13(14(19)20)21-15(18-10)16(8-2-3-9-16)11-4-6-12(17)7-5-11/h4-7H,2-3,8-9H2,1H3,(H,19,20). The number of benzene rings is 1. The molecule has 0 spiro atoms. The number of aromatic carboxylic acids is 1. The number of hydrogen-bond donors (Lipinski definition) is 1. The molecule has 1 aliphatic rings. The lowest BCUT2D eigenvalue weighted by atomic mass is 9.79. The molecule has 5 heteroatoms. The van der Waals surface area contributed by atoms with Crippen LogP contribution in [0.1, 0.15) is 51.6 Å². The Balaban J connectivity index is 2.11. The van der Waals surface area contributed by atoms with Gasteiger partial charge in [0.05, 0.1) is 5.69 Å². The van der Waals surface area contributed by atoms with E-state index in [0.29, 0.717) is 10.6 Å². The van der Waals surface area contributed by atoms with Gasteiger partial charge in [-0.2, -0.15) is 0 Å². The number of nitrogens with zero attached hydrogens (tertiary/aromatic N) is 1. The Morgan fingerprint density at radius 2 is 1.90 bits per heavy atom. The van der Waals surface area contributed by atoms with E-state index in [0.717, 1.165) is 36.3 Å². The quantitative estimate of drug-likeness (QED) is 0.926. The van der Waals surface area contributed by atoms with Gasteiger partial charge in [0, 0.05) is 5.41 Å². The Morgan fingerprint density at radius 1 is 1.29 bits per heavy atom. The van der Waals surface area contributed by atoms with Crippen molar-refractivity contribution in [2.75, 3.05) is 0 Å². The molecule has 0 bridgehead atoms. The summed E-state index contributed by atoms with van der Waals surface area (Å²) in [6.07, 6.45) is 4.03. The van der Waals surface area contributed by atoms with Crippen LogP contribution in [0.3, 0.4) is 0 Å². The fourth-order valence-electron chi connectivity index (χ4n) is 3.17. The van der Waals surface area contributed by atoms with Crippen molar-refractivity contribution in [2.24, 2.45) is 0 Å². The molecule has 0 radical (unpaired) electrons. The van der Waals surface area contributed by atoms with Gasteiger partial charge in [-0.3, -0.25) is 0 Å². The molecule has 0 saturated heterocycles. The Labute approximate surface area is 126 Å². The number of halogens is 1. The first-order valence-corrected chi connectivity index (χ1v) is 7.82. The number of hydrogen-bond acceptors (Lipinski definition) is 3. The zero-order valence-corrected chi connectivity index (χ0v) is 12.5. The van der Waals surface area contributed by atoms with Crippen molar-refractivity contribution in [1.29, 1.82) is 0 Å². The molecule has 0 aliphatic heterocycles. The van der Waals surface area contributed by atoms with Crippen LogP contribution < -0.4 is 0 Å². The highest BCUT2D eigenvalue weighted by Crippen LogP contribution is 2.48. The number of thiazole rings is 1. The molecule has 1 saturated carbocycles. The molecule has 1 aliphatic carbocycles. The minimum Gasteiger partial charge on any atom is -0.477 e. The number of carboxylic acids is 1. The molecule has 1 fully saturated rings. The second-order valence-electron chi connectivity index (χ2n) is 5.53. The van der Waals surface area contributed by atoms with Gasteiger partial charge < -0.3 is 5.11 Å². The van der Waals surface area contributed by atoms with E-state index in [1.165, 1.54) is 23.5 Å². The molecule has 110 valence electrons. The van der Waals surface area contributed by atoms with Gasteiger partial charge in [-0.1, -0.05) is 25.0 Å². The molecular formula is C16H16FNO2S. The van der Waals surface area contributed by atoms with Crippen molar-refractivity contribution in [1.82, 2.24) is 4.98 Å². The Hall–Kier alpha value is -1.75. The second kappa shape index (κ2) is 5.22. The summed E-state index contributed by atoms with van der Waals surface area (Å²) in [6, 6.07) is 6.54. The van der Waals surface area contributed by atoms with Gasteiger partial charge in [-0.05, 0) is 37.5 Å². The van der Waals surface area contributed by atoms with E-state index in [2.05, 4.69) is 4.98 Å². The normalized spacial score (nSPS) is 17.0. The van der Waals surface area contributed by atoms with Crippen LogP contribution >= 0.6 is 11.3 Å². The number of carboxylic acid groups (broad SMARTS) is 1. The molecule has 3 nitrogen and oxygen atoms in total. The monoisotopic (exact) mass is 305 g/mol. The van der Waals surface area contributed by atoms with Crippen LogP contribution in [0.4, 0.5) is 4.39 Å². The van der Waals surface area contributed by atoms with Crippen LogP contribution in [-0.2, 0) is 5.41 Å². The summed E-state index contributed by atoms with van der Waals surface area (Å²) < 4.78 is 13.2. The first kappa shape index (κ1) is 14.2. The summed E-state index contributed by atoms with van der Waals surface area (Å²) in [5.41, 5.74) is 1.35. The maximum absolute atomic E-state index is 13.2. The molecule has 0 unspecified atom stereocenters. The van der Waals surface area contributed by atoms with Gasteiger partial charge in [0.25, 0.3) is 0 Å². The van der Waals surface area contributed by atoms with Crippen LogP contribution in [0.15, 0.2) is 24.3 Å². The van der Waals surface area contributed by atoms with Gasteiger partial charge in [0.2, 0.25) is 0 Å². The van der Waals surface area contributed by atoms with E-state index in [1.54, 1.807) is 19.1 Å².